The van der Waals surface area contributed by atoms with Crippen molar-refractivity contribution in [2.24, 2.45) is 0 Å². The number of rotatable bonds is 4. The van der Waals surface area contributed by atoms with Crippen molar-refractivity contribution in [1.29, 1.82) is 0 Å². The summed E-state index contributed by atoms with van der Waals surface area (Å²) in [7, 11) is 0. The highest BCUT2D eigenvalue weighted by atomic mass is 16.2. The van der Waals surface area contributed by atoms with E-state index >= 15 is 0 Å². The third-order valence-corrected chi connectivity index (χ3v) is 4.80. The first-order valence-corrected chi connectivity index (χ1v) is 8.40. The first-order chi connectivity index (χ1) is 10.7. The molecule has 0 aliphatic carbocycles. The van der Waals surface area contributed by atoms with Gasteiger partial charge >= 0.3 is 0 Å². The molecule has 5 nitrogen and oxygen atoms in total. The van der Waals surface area contributed by atoms with Gasteiger partial charge in [0.05, 0.1) is 6.04 Å². The molecule has 3 rings (SSSR count). The summed E-state index contributed by atoms with van der Waals surface area (Å²) in [6.07, 6.45) is 6.25. The number of hydrogen-bond acceptors (Lipinski definition) is 4. The van der Waals surface area contributed by atoms with Crippen LogP contribution >= 0.6 is 0 Å². The summed E-state index contributed by atoms with van der Waals surface area (Å²) in [6.45, 7) is 5.79. The fourth-order valence-electron chi connectivity index (χ4n) is 3.67. The van der Waals surface area contributed by atoms with Crippen LogP contribution in [0.1, 0.15) is 36.9 Å². The smallest absolute Gasteiger partial charge is 0.237 e. The van der Waals surface area contributed by atoms with Gasteiger partial charge in [-0.15, -0.1) is 0 Å². The molecule has 2 saturated heterocycles. The average Bonchev–Trinajstić information content (AvgIpc) is 3.03. The standard InChI is InChI=1S/C17H26N4O/c1-13-11-14(4-9-19-13)12-20-17(22)16-3-2-10-21(16)15-5-7-18-8-6-15/h4,9,11,15-16,18H,2-3,5-8,10,12H2,1H3,(H,20,22)/t16-/m0/s1. The summed E-state index contributed by atoms with van der Waals surface area (Å²) in [6, 6.07) is 4.63. The molecule has 2 fully saturated rings. The van der Waals surface area contributed by atoms with E-state index in [4.69, 9.17) is 0 Å². The van der Waals surface area contributed by atoms with E-state index in [0.717, 1.165) is 56.6 Å². The van der Waals surface area contributed by atoms with E-state index < -0.39 is 0 Å². The zero-order valence-corrected chi connectivity index (χ0v) is 13.3. The van der Waals surface area contributed by atoms with Gasteiger partial charge in [0.25, 0.3) is 0 Å². The van der Waals surface area contributed by atoms with Gasteiger partial charge in [0, 0.05) is 24.5 Å². The number of aromatic nitrogens is 1. The Morgan fingerprint density at radius 3 is 3.00 bits per heavy atom. The van der Waals surface area contributed by atoms with Crippen molar-refractivity contribution in [3.63, 3.8) is 0 Å². The van der Waals surface area contributed by atoms with Crippen molar-refractivity contribution in [2.45, 2.75) is 51.2 Å². The molecule has 0 saturated carbocycles. The molecule has 2 aliphatic rings. The van der Waals surface area contributed by atoms with Crippen molar-refractivity contribution in [2.75, 3.05) is 19.6 Å². The van der Waals surface area contributed by atoms with Crippen LogP contribution in [0.5, 0.6) is 0 Å². The first kappa shape index (κ1) is 15.4. The molecule has 1 atom stereocenters. The number of carbonyl (C=O) groups is 1. The topological polar surface area (TPSA) is 57.3 Å². The Labute approximate surface area is 132 Å². The maximum absolute atomic E-state index is 12.6. The number of likely N-dealkylation sites (tertiary alicyclic amines) is 1. The van der Waals surface area contributed by atoms with Gasteiger partial charge in [-0.05, 0) is 69.9 Å². The summed E-state index contributed by atoms with van der Waals surface area (Å²) in [5.41, 5.74) is 2.11. The molecule has 120 valence electrons. The van der Waals surface area contributed by atoms with Crippen LogP contribution in [0, 0.1) is 6.92 Å². The second kappa shape index (κ2) is 7.20. The Morgan fingerprint density at radius 2 is 2.23 bits per heavy atom. The second-order valence-corrected chi connectivity index (χ2v) is 6.40. The van der Waals surface area contributed by atoms with Crippen LogP contribution in [0.2, 0.25) is 0 Å². The molecule has 2 aliphatic heterocycles. The van der Waals surface area contributed by atoms with Crippen LogP contribution < -0.4 is 10.6 Å². The number of piperidine rings is 1. The van der Waals surface area contributed by atoms with Gasteiger partial charge in [0.15, 0.2) is 0 Å². The Morgan fingerprint density at radius 1 is 1.41 bits per heavy atom. The summed E-state index contributed by atoms with van der Waals surface area (Å²) in [5, 5.41) is 6.51. The molecule has 5 heteroatoms. The summed E-state index contributed by atoms with van der Waals surface area (Å²) in [5.74, 6) is 0.186. The number of pyridine rings is 1. The van der Waals surface area contributed by atoms with Crippen LogP contribution in [0.3, 0.4) is 0 Å². The van der Waals surface area contributed by atoms with Gasteiger partial charge in [0.2, 0.25) is 5.91 Å². The molecule has 1 amide bonds. The lowest BCUT2D eigenvalue weighted by Gasteiger charge is -2.35. The molecule has 1 aromatic heterocycles. The van der Waals surface area contributed by atoms with Gasteiger partial charge in [-0.3, -0.25) is 14.7 Å². The van der Waals surface area contributed by atoms with Crippen LogP contribution in [-0.4, -0.2) is 47.5 Å². The molecule has 0 radical (unpaired) electrons. The SMILES string of the molecule is Cc1cc(CNC(=O)[C@@H]2CCCN2C2CCNCC2)ccn1. The lowest BCUT2D eigenvalue weighted by atomic mass is 10.0. The number of nitrogens with zero attached hydrogens (tertiary/aromatic N) is 2. The van der Waals surface area contributed by atoms with Crippen LogP contribution in [0.4, 0.5) is 0 Å². The molecule has 2 N–H and O–H groups in total. The number of nitrogens with one attached hydrogen (secondary N) is 2. The lowest BCUT2D eigenvalue weighted by Crippen LogP contribution is -2.50. The minimum absolute atomic E-state index is 0.0611. The monoisotopic (exact) mass is 302 g/mol. The average molecular weight is 302 g/mol. The molecule has 3 heterocycles. The largest absolute Gasteiger partial charge is 0.351 e. The van der Waals surface area contributed by atoms with Crippen LogP contribution in [-0.2, 0) is 11.3 Å². The molecule has 0 spiro atoms. The van der Waals surface area contributed by atoms with E-state index in [-0.39, 0.29) is 11.9 Å². The van der Waals surface area contributed by atoms with Crippen LogP contribution in [0.25, 0.3) is 0 Å². The Kier molecular flexibility index (Phi) is 5.05. The fraction of sp³-hybridized carbons (Fsp3) is 0.647. The number of aryl methyl sites for hydroxylation is 1. The third-order valence-electron chi connectivity index (χ3n) is 4.80. The van der Waals surface area contributed by atoms with Gasteiger partial charge in [-0.25, -0.2) is 0 Å². The summed E-state index contributed by atoms with van der Waals surface area (Å²) >= 11 is 0. The summed E-state index contributed by atoms with van der Waals surface area (Å²) < 4.78 is 0. The zero-order valence-electron chi connectivity index (χ0n) is 13.3. The van der Waals surface area contributed by atoms with Crippen LogP contribution in [0.15, 0.2) is 18.3 Å². The Balaban J connectivity index is 1.56. The van der Waals surface area contributed by atoms with Crippen molar-refractivity contribution < 1.29 is 4.79 Å². The number of carbonyl (C=O) groups excluding carboxylic acids is 1. The van der Waals surface area contributed by atoms with Gasteiger partial charge in [-0.2, -0.15) is 0 Å². The molecular formula is C17H26N4O. The molecular weight excluding hydrogens is 276 g/mol. The highest BCUT2D eigenvalue weighted by Crippen LogP contribution is 2.24. The maximum Gasteiger partial charge on any atom is 0.237 e. The molecule has 1 aromatic rings. The molecule has 0 aromatic carbocycles. The van der Waals surface area contributed by atoms with Crippen molar-refractivity contribution >= 4 is 5.91 Å². The third kappa shape index (κ3) is 3.65. The van der Waals surface area contributed by atoms with E-state index in [9.17, 15) is 4.79 Å². The lowest BCUT2D eigenvalue weighted by molar-refractivity contribution is -0.126. The Bertz CT molecular complexity index is 513. The minimum atomic E-state index is 0.0611. The first-order valence-electron chi connectivity index (χ1n) is 8.40. The van der Waals surface area contributed by atoms with E-state index in [1.54, 1.807) is 6.20 Å². The summed E-state index contributed by atoms with van der Waals surface area (Å²) in [4.78, 5) is 19.2. The highest BCUT2D eigenvalue weighted by molar-refractivity contribution is 5.82. The van der Waals surface area contributed by atoms with Gasteiger partial charge < -0.3 is 10.6 Å². The van der Waals surface area contributed by atoms with Gasteiger partial charge in [-0.1, -0.05) is 0 Å². The highest BCUT2D eigenvalue weighted by Gasteiger charge is 2.35. The van der Waals surface area contributed by atoms with Crippen molar-refractivity contribution in [3.8, 4) is 0 Å². The van der Waals surface area contributed by atoms with Gasteiger partial charge in [0.1, 0.15) is 0 Å². The van der Waals surface area contributed by atoms with Crippen molar-refractivity contribution in [1.82, 2.24) is 20.5 Å². The second-order valence-electron chi connectivity index (χ2n) is 6.40. The van der Waals surface area contributed by atoms with E-state index in [0.29, 0.717) is 12.6 Å². The Hall–Kier alpha value is -1.46. The normalized spacial score (nSPS) is 23.6. The molecule has 22 heavy (non-hydrogen) atoms. The maximum atomic E-state index is 12.6. The number of hydrogen-bond donors (Lipinski definition) is 2. The van der Waals surface area contributed by atoms with E-state index in [1.807, 2.05) is 19.1 Å². The predicted molar refractivity (Wildman–Crippen MR) is 86.4 cm³/mol. The quantitative estimate of drug-likeness (QED) is 0.878. The molecule has 0 unspecified atom stereocenters. The molecule has 0 bridgehead atoms. The fourth-order valence-corrected chi connectivity index (χ4v) is 3.67. The minimum Gasteiger partial charge on any atom is -0.351 e. The van der Waals surface area contributed by atoms with E-state index in [2.05, 4.69) is 20.5 Å². The zero-order chi connectivity index (χ0) is 15.4. The predicted octanol–water partition coefficient (Wildman–Crippen LogP) is 1.22. The van der Waals surface area contributed by atoms with Crippen molar-refractivity contribution in [3.05, 3.63) is 29.6 Å². The number of amides is 1. The van der Waals surface area contributed by atoms with E-state index in [1.165, 1.54) is 0 Å².